The van der Waals surface area contributed by atoms with Gasteiger partial charge >= 0.3 is 6.18 Å². The minimum absolute atomic E-state index is 0.0114. The van der Waals surface area contributed by atoms with E-state index in [1.807, 2.05) is 6.92 Å². The van der Waals surface area contributed by atoms with Gasteiger partial charge in [0.15, 0.2) is 0 Å². The fourth-order valence-electron chi connectivity index (χ4n) is 2.33. The molecule has 4 nitrogen and oxygen atoms in total. The molecule has 0 atom stereocenters. The highest BCUT2D eigenvalue weighted by molar-refractivity contribution is 7.16. The zero-order valence-electron chi connectivity index (χ0n) is 13.8. The van der Waals surface area contributed by atoms with Crippen LogP contribution in [0.1, 0.15) is 29.3 Å². The third-order valence-corrected chi connectivity index (χ3v) is 4.40. The van der Waals surface area contributed by atoms with E-state index in [2.05, 4.69) is 10.3 Å². The van der Waals surface area contributed by atoms with Crippen molar-refractivity contribution in [1.29, 1.82) is 0 Å². The molecule has 3 aromatic rings. The molecule has 1 heterocycles. The van der Waals surface area contributed by atoms with Crippen LogP contribution in [-0.4, -0.2) is 17.5 Å². The van der Waals surface area contributed by atoms with Gasteiger partial charge in [0.2, 0.25) is 0 Å². The smallest absolute Gasteiger partial charge is 0.416 e. The molecule has 0 saturated heterocycles. The van der Waals surface area contributed by atoms with Crippen LogP contribution in [0.3, 0.4) is 0 Å². The second kappa shape index (κ2) is 7.33. The first kappa shape index (κ1) is 18.2. The van der Waals surface area contributed by atoms with Crippen LogP contribution >= 0.6 is 11.3 Å². The Morgan fingerprint density at radius 3 is 2.77 bits per heavy atom. The molecule has 0 bridgehead atoms. The second-order valence-corrected chi connectivity index (χ2v) is 6.43. The fraction of sp³-hybridized carbons (Fsp3) is 0.222. The number of nitrogens with one attached hydrogen (secondary N) is 1. The number of amides is 1. The van der Waals surface area contributed by atoms with E-state index in [1.165, 1.54) is 17.4 Å². The van der Waals surface area contributed by atoms with Gasteiger partial charge in [-0.25, -0.2) is 4.98 Å². The number of fused-ring (bicyclic) bond motifs is 1. The first-order chi connectivity index (χ1) is 12.4. The van der Waals surface area contributed by atoms with E-state index in [9.17, 15) is 18.0 Å². The van der Waals surface area contributed by atoms with Crippen LogP contribution in [0.15, 0.2) is 41.9 Å². The van der Waals surface area contributed by atoms with Gasteiger partial charge in [-0.2, -0.15) is 13.2 Å². The average molecular weight is 380 g/mol. The summed E-state index contributed by atoms with van der Waals surface area (Å²) < 4.78 is 45.3. The number of benzene rings is 2. The summed E-state index contributed by atoms with van der Waals surface area (Å²) in [4.78, 5) is 16.6. The van der Waals surface area contributed by atoms with Gasteiger partial charge in [-0.15, -0.1) is 11.3 Å². The van der Waals surface area contributed by atoms with Crippen LogP contribution in [0.2, 0.25) is 0 Å². The number of nitrogens with zero attached hydrogens (tertiary/aromatic N) is 1. The molecule has 8 heteroatoms. The van der Waals surface area contributed by atoms with Crippen molar-refractivity contribution >= 4 is 33.1 Å². The fourth-order valence-corrected chi connectivity index (χ4v) is 3.05. The van der Waals surface area contributed by atoms with Gasteiger partial charge in [-0.3, -0.25) is 4.79 Å². The number of thiazole rings is 1. The summed E-state index contributed by atoms with van der Waals surface area (Å²) in [6.45, 7) is 2.22. The predicted octanol–water partition coefficient (Wildman–Crippen LogP) is 5.36. The molecule has 0 aliphatic heterocycles. The largest absolute Gasteiger partial charge is 0.491 e. The predicted molar refractivity (Wildman–Crippen MR) is 94.8 cm³/mol. The summed E-state index contributed by atoms with van der Waals surface area (Å²) in [7, 11) is 0. The summed E-state index contributed by atoms with van der Waals surface area (Å²) >= 11 is 1.38. The average Bonchev–Trinajstić information content (AvgIpc) is 3.07. The number of aromatic nitrogens is 1. The number of ether oxygens (including phenoxy) is 1. The molecule has 0 radical (unpaired) electrons. The molecule has 0 fully saturated rings. The van der Waals surface area contributed by atoms with Crippen molar-refractivity contribution in [3.63, 3.8) is 0 Å². The molecule has 0 spiro atoms. The summed E-state index contributed by atoms with van der Waals surface area (Å²) in [6, 6.07) is 7.97. The lowest BCUT2D eigenvalue weighted by Crippen LogP contribution is -2.14. The minimum atomic E-state index is -4.51. The monoisotopic (exact) mass is 380 g/mol. The molecule has 1 aromatic heterocycles. The molecule has 1 amide bonds. The van der Waals surface area contributed by atoms with E-state index < -0.39 is 17.6 Å². The molecule has 136 valence electrons. The number of alkyl halides is 3. The molecule has 1 N–H and O–H groups in total. The van der Waals surface area contributed by atoms with Crippen molar-refractivity contribution < 1.29 is 22.7 Å². The summed E-state index contributed by atoms with van der Waals surface area (Å²) in [5.74, 6) is -0.312. The second-order valence-electron chi connectivity index (χ2n) is 5.55. The Labute approximate surface area is 151 Å². The molecule has 0 unspecified atom stereocenters. The van der Waals surface area contributed by atoms with Crippen LogP contribution in [0, 0.1) is 0 Å². The number of carbonyl (C=O) groups excluding carboxylic acids is 1. The van der Waals surface area contributed by atoms with Crippen molar-refractivity contribution in [2.75, 3.05) is 11.9 Å². The van der Waals surface area contributed by atoms with Gasteiger partial charge in [0.1, 0.15) is 5.75 Å². The molecule has 26 heavy (non-hydrogen) atoms. The lowest BCUT2D eigenvalue weighted by molar-refractivity contribution is -0.137. The van der Waals surface area contributed by atoms with Crippen LogP contribution in [0.25, 0.3) is 10.2 Å². The Bertz CT molecular complexity index is 938. The highest BCUT2D eigenvalue weighted by atomic mass is 32.1. The van der Waals surface area contributed by atoms with E-state index in [0.29, 0.717) is 18.6 Å². The number of carbonyl (C=O) groups is 1. The zero-order valence-corrected chi connectivity index (χ0v) is 14.6. The maximum atomic E-state index is 13.0. The normalized spacial score (nSPS) is 11.5. The van der Waals surface area contributed by atoms with Gasteiger partial charge in [0, 0.05) is 5.56 Å². The highest BCUT2D eigenvalue weighted by Crippen LogP contribution is 2.35. The maximum absolute atomic E-state index is 13.0. The summed E-state index contributed by atoms with van der Waals surface area (Å²) in [6.07, 6.45) is -3.82. The van der Waals surface area contributed by atoms with E-state index in [4.69, 9.17) is 4.74 Å². The number of halogens is 3. The topological polar surface area (TPSA) is 51.2 Å². The van der Waals surface area contributed by atoms with Gasteiger partial charge in [-0.1, -0.05) is 6.92 Å². The van der Waals surface area contributed by atoms with Gasteiger partial charge in [0.25, 0.3) is 5.91 Å². The Morgan fingerprint density at radius 1 is 1.23 bits per heavy atom. The minimum Gasteiger partial charge on any atom is -0.491 e. The Balaban J connectivity index is 1.91. The molecule has 0 saturated carbocycles. The Morgan fingerprint density at radius 2 is 2.04 bits per heavy atom. The summed E-state index contributed by atoms with van der Waals surface area (Å²) in [5.41, 5.74) is 1.89. The Hall–Kier alpha value is -2.61. The number of rotatable bonds is 5. The van der Waals surface area contributed by atoms with Crippen molar-refractivity contribution in [2.45, 2.75) is 19.5 Å². The standard InChI is InChI=1S/C18H15F3N2O2S/c1-2-7-25-15-6-4-12(18(19,20)21)9-14(15)23-17(24)11-3-5-13-16(8-11)26-10-22-13/h3-6,8-10H,2,7H2,1H3,(H,23,24). The molecule has 2 aromatic carbocycles. The Kier molecular flexibility index (Phi) is 5.13. The number of anilines is 1. The maximum Gasteiger partial charge on any atom is 0.416 e. The number of hydrogen-bond donors (Lipinski definition) is 1. The van der Waals surface area contributed by atoms with Crippen LogP contribution in [0.4, 0.5) is 18.9 Å². The molecule has 3 rings (SSSR count). The van der Waals surface area contributed by atoms with Gasteiger partial charge in [-0.05, 0) is 42.8 Å². The third-order valence-electron chi connectivity index (χ3n) is 3.61. The van der Waals surface area contributed by atoms with Crippen molar-refractivity contribution in [1.82, 2.24) is 4.98 Å². The van der Waals surface area contributed by atoms with Crippen molar-refractivity contribution in [2.24, 2.45) is 0 Å². The lowest BCUT2D eigenvalue weighted by atomic mass is 10.1. The van der Waals surface area contributed by atoms with Gasteiger partial charge in [0.05, 0.1) is 33.6 Å². The molecule has 0 aliphatic rings. The first-order valence-electron chi connectivity index (χ1n) is 7.87. The van der Waals surface area contributed by atoms with E-state index >= 15 is 0 Å². The first-order valence-corrected chi connectivity index (χ1v) is 8.75. The van der Waals surface area contributed by atoms with Crippen LogP contribution < -0.4 is 10.1 Å². The van der Waals surface area contributed by atoms with Crippen LogP contribution in [0.5, 0.6) is 5.75 Å². The quantitative estimate of drug-likeness (QED) is 0.649. The van der Waals surface area contributed by atoms with Crippen LogP contribution in [-0.2, 0) is 6.18 Å². The molecular weight excluding hydrogens is 365 g/mol. The zero-order chi connectivity index (χ0) is 18.7. The molecular formula is C18H15F3N2O2S. The van der Waals surface area contributed by atoms with E-state index in [1.54, 1.807) is 23.7 Å². The highest BCUT2D eigenvalue weighted by Gasteiger charge is 2.31. The van der Waals surface area contributed by atoms with Gasteiger partial charge < -0.3 is 10.1 Å². The summed E-state index contributed by atoms with van der Waals surface area (Å²) in [5, 5.41) is 2.53. The molecule has 0 aliphatic carbocycles. The van der Waals surface area contributed by atoms with Crippen molar-refractivity contribution in [3.8, 4) is 5.75 Å². The SMILES string of the molecule is CCCOc1ccc(C(F)(F)F)cc1NC(=O)c1ccc2ncsc2c1. The lowest BCUT2D eigenvalue weighted by Gasteiger charge is -2.15. The third kappa shape index (κ3) is 3.96. The van der Waals surface area contributed by atoms with E-state index in [0.717, 1.165) is 22.3 Å². The van der Waals surface area contributed by atoms with E-state index in [-0.39, 0.29) is 11.4 Å². The number of hydrogen-bond acceptors (Lipinski definition) is 4. The van der Waals surface area contributed by atoms with Crippen molar-refractivity contribution in [3.05, 3.63) is 53.0 Å².